The van der Waals surface area contributed by atoms with Crippen molar-refractivity contribution in [3.63, 3.8) is 0 Å². The van der Waals surface area contributed by atoms with Crippen LogP contribution in [0.4, 0.5) is 0 Å². The van der Waals surface area contributed by atoms with Crippen LogP contribution in [0.25, 0.3) is 10.3 Å². The third-order valence-corrected chi connectivity index (χ3v) is 4.37. The fourth-order valence-electron chi connectivity index (χ4n) is 2.10. The summed E-state index contributed by atoms with van der Waals surface area (Å²) in [6, 6.07) is 8.17. The Morgan fingerprint density at radius 1 is 1.12 bits per heavy atom. The summed E-state index contributed by atoms with van der Waals surface area (Å²) in [5.74, 6) is 0. The summed E-state index contributed by atoms with van der Waals surface area (Å²) in [6.45, 7) is 2.21. The Hall–Kier alpha value is -0.890. The molecular weight excluding hydrogens is 216 g/mol. The lowest BCUT2D eigenvalue weighted by Crippen LogP contribution is -2.21. The molecule has 1 aliphatic rings. The molecule has 86 valence electrons. The second-order valence-corrected chi connectivity index (χ2v) is 5.56. The van der Waals surface area contributed by atoms with E-state index in [9.17, 15) is 4.21 Å². The number of hydrogen-bond donors (Lipinski definition) is 0. The molecule has 2 rings (SSSR count). The van der Waals surface area contributed by atoms with Crippen LogP contribution in [0.1, 0.15) is 39.0 Å². The van der Waals surface area contributed by atoms with Crippen molar-refractivity contribution in [2.24, 2.45) is 0 Å². The van der Waals surface area contributed by atoms with Gasteiger partial charge in [-0.3, -0.25) is 0 Å². The molecule has 1 unspecified atom stereocenters. The van der Waals surface area contributed by atoms with Gasteiger partial charge in [0.25, 0.3) is 0 Å². The SMILES string of the molecule is CCCCCCC1=c2ccccc2=CS1=O. The van der Waals surface area contributed by atoms with Gasteiger partial charge in [-0.2, -0.15) is 0 Å². The van der Waals surface area contributed by atoms with E-state index in [-0.39, 0.29) is 0 Å². The van der Waals surface area contributed by atoms with Gasteiger partial charge in [0.05, 0.1) is 10.8 Å². The maximum absolute atomic E-state index is 11.9. The summed E-state index contributed by atoms with van der Waals surface area (Å²) >= 11 is 0. The zero-order valence-electron chi connectivity index (χ0n) is 9.74. The topological polar surface area (TPSA) is 17.1 Å². The van der Waals surface area contributed by atoms with E-state index in [0.29, 0.717) is 0 Å². The molecule has 0 fully saturated rings. The predicted molar refractivity (Wildman–Crippen MR) is 70.5 cm³/mol. The van der Waals surface area contributed by atoms with Crippen LogP contribution < -0.4 is 10.4 Å². The van der Waals surface area contributed by atoms with Crippen molar-refractivity contribution in [2.45, 2.75) is 39.0 Å². The van der Waals surface area contributed by atoms with E-state index in [1.54, 1.807) is 0 Å². The van der Waals surface area contributed by atoms with Gasteiger partial charge in [0.15, 0.2) is 0 Å². The number of rotatable bonds is 5. The first-order valence-electron chi connectivity index (χ1n) is 6.03. The Balaban J connectivity index is 2.16. The van der Waals surface area contributed by atoms with E-state index >= 15 is 0 Å². The summed E-state index contributed by atoms with van der Waals surface area (Å²) in [7, 11) is -0.871. The predicted octanol–water partition coefficient (Wildman–Crippen LogP) is 2.27. The van der Waals surface area contributed by atoms with Crippen molar-refractivity contribution in [1.82, 2.24) is 0 Å². The van der Waals surface area contributed by atoms with E-state index in [1.165, 1.54) is 24.5 Å². The molecule has 0 amide bonds. The Morgan fingerprint density at radius 3 is 2.75 bits per heavy atom. The Labute approximate surface area is 99.3 Å². The third-order valence-electron chi connectivity index (χ3n) is 3.00. The first-order valence-corrected chi connectivity index (χ1v) is 7.25. The summed E-state index contributed by atoms with van der Waals surface area (Å²) in [5, 5.41) is 4.23. The summed E-state index contributed by atoms with van der Waals surface area (Å²) in [6.07, 6.45) is 5.93. The van der Waals surface area contributed by atoms with Crippen LogP contribution >= 0.6 is 0 Å². The molecule has 2 heteroatoms. The molecular formula is C14H18OS. The van der Waals surface area contributed by atoms with Gasteiger partial charge >= 0.3 is 0 Å². The summed E-state index contributed by atoms with van der Waals surface area (Å²) in [4.78, 5) is 1.13. The molecule has 0 bridgehead atoms. The maximum Gasteiger partial charge on any atom is 0.0747 e. The van der Waals surface area contributed by atoms with Crippen LogP contribution in [0.15, 0.2) is 24.3 Å². The van der Waals surface area contributed by atoms with E-state index < -0.39 is 10.8 Å². The minimum absolute atomic E-state index is 0.871. The zero-order chi connectivity index (χ0) is 11.4. The largest absolute Gasteiger partial charge is 0.250 e. The Bertz CT molecular complexity index is 502. The summed E-state index contributed by atoms with van der Waals surface area (Å²) in [5.41, 5.74) is 0. The molecule has 16 heavy (non-hydrogen) atoms. The second kappa shape index (κ2) is 5.44. The molecule has 1 heterocycles. The molecule has 0 spiro atoms. The first kappa shape index (κ1) is 11.6. The second-order valence-electron chi connectivity index (χ2n) is 4.24. The molecule has 1 aromatic carbocycles. The number of hydrogen-bond acceptors (Lipinski definition) is 1. The van der Waals surface area contributed by atoms with Crippen molar-refractivity contribution < 1.29 is 4.21 Å². The third kappa shape index (κ3) is 2.43. The lowest BCUT2D eigenvalue weighted by atomic mass is 10.1. The van der Waals surface area contributed by atoms with Crippen LogP contribution in [-0.2, 0) is 10.8 Å². The van der Waals surface area contributed by atoms with Crippen LogP contribution in [0.5, 0.6) is 0 Å². The molecule has 0 aromatic heterocycles. The monoisotopic (exact) mass is 234 g/mol. The van der Waals surface area contributed by atoms with Gasteiger partial charge in [-0.25, -0.2) is 4.21 Å². The molecule has 0 N–H and O–H groups in total. The van der Waals surface area contributed by atoms with Crippen molar-refractivity contribution in [1.29, 1.82) is 0 Å². The standard InChI is InChI=1S/C14H18OS/c1-2-3-4-5-10-14-13-9-7-6-8-12(13)11-16(14)15/h6-9,11H,2-5,10H2,1H3. The molecule has 0 saturated carbocycles. The van der Waals surface area contributed by atoms with E-state index in [1.807, 2.05) is 23.6 Å². The number of fused-ring (bicyclic) bond motifs is 1. The molecule has 1 aromatic rings. The minimum atomic E-state index is -0.871. The van der Waals surface area contributed by atoms with Gasteiger partial charge in [0.1, 0.15) is 0 Å². The molecule has 0 aliphatic carbocycles. The Kier molecular flexibility index (Phi) is 3.94. The van der Waals surface area contributed by atoms with Crippen LogP contribution in [0.2, 0.25) is 0 Å². The first-order chi connectivity index (χ1) is 7.83. The van der Waals surface area contributed by atoms with E-state index in [4.69, 9.17) is 0 Å². The lowest BCUT2D eigenvalue weighted by molar-refractivity contribution is 0.676. The molecule has 1 nitrogen and oxygen atoms in total. The van der Waals surface area contributed by atoms with Crippen LogP contribution in [0.3, 0.4) is 0 Å². The zero-order valence-corrected chi connectivity index (χ0v) is 10.6. The quantitative estimate of drug-likeness (QED) is 0.714. The van der Waals surface area contributed by atoms with Crippen molar-refractivity contribution in [3.8, 4) is 0 Å². The van der Waals surface area contributed by atoms with Gasteiger partial charge < -0.3 is 0 Å². The van der Waals surface area contributed by atoms with E-state index in [0.717, 1.165) is 23.0 Å². The molecule has 1 atom stereocenters. The van der Waals surface area contributed by atoms with Crippen molar-refractivity contribution in [2.75, 3.05) is 0 Å². The van der Waals surface area contributed by atoms with Gasteiger partial charge in [0, 0.05) is 10.3 Å². The highest BCUT2D eigenvalue weighted by Gasteiger charge is 2.11. The van der Waals surface area contributed by atoms with Crippen LogP contribution in [-0.4, -0.2) is 4.21 Å². The Morgan fingerprint density at radius 2 is 1.94 bits per heavy atom. The average molecular weight is 234 g/mol. The summed E-state index contributed by atoms with van der Waals surface area (Å²) < 4.78 is 11.9. The average Bonchev–Trinajstić information content (AvgIpc) is 2.61. The van der Waals surface area contributed by atoms with Crippen LogP contribution in [0, 0.1) is 0 Å². The van der Waals surface area contributed by atoms with Gasteiger partial charge in [-0.15, -0.1) is 0 Å². The molecule has 0 saturated heterocycles. The van der Waals surface area contributed by atoms with Gasteiger partial charge in [-0.1, -0.05) is 50.5 Å². The normalized spacial score (nSPS) is 18.3. The fourth-order valence-corrected chi connectivity index (χ4v) is 3.42. The highest BCUT2D eigenvalue weighted by molar-refractivity contribution is 8.01. The molecule has 0 radical (unpaired) electrons. The number of unbranched alkanes of at least 4 members (excludes halogenated alkanes) is 3. The van der Waals surface area contributed by atoms with Crippen molar-refractivity contribution in [3.05, 3.63) is 34.7 Å². The number of benzene rings is 1. The minimum Gasteiger partial charge on any atom is -0.250 e. The van der Waals surface area contributed by atoms with Gasteiger partial charge in [0.2, 0.25) is 0 Å². The van der Waals surface area contributed by atoms with E-state index in [2.05, 4.69) is 13.0 Å². The highest BCUT2D eigenvalue weighted by Crippen LogP contribution is 2.16. The fraction of sp³-hybridized carbons (Fsp3) is 0.429. The lowest BCUT2D eigenvalue weighted by Gasteiger charge is -2.01. The van der Waals surface area contributed by atoms with Gasteiger partial charge in [-0.05, 0) is 23.3 Å². The highest BCUT2D eigenvalue weighted by atomic mass is 32.2. The smallest absolute Gasteiger partial charge is 0.0747 e. The van der Waals surface area contributed by atoms with Crippen molar-refractivity contribution >= 4 is 21.1 Å². The molecule has 1 aliphatic heterocycles. The maximum atomic E-state index is 11.9.